The molecule has 3 rings (SSSR count). The summed E-state index contributed by atoms with van der Waals surface area (Å²) in [5.41, 5.74) is 6.13. The lowest BCUT2D eigenvalue weighted by Crippen LogP contribution is -2.60. The number of methoxy groups -OCH3 is 1. The van der Waals surface area contributed by atoms with E-state index in [1.807, 2.05) is 24.3 Å². The van der Waals surface area contributed by atoms with Crippen molar-refractivity contribution in [2.24, 2.45) is 5.73 Å². The zero-order valence-electron chi connectivity index (χ0n) is 12.1. The first-order valence-electron chi connectivity index (χ1n) is 7.47. The fourth-order valence-corrected chi connectivity index (χ4v) is 3.49. The fraction of sp³-hybridized carbons (Fsp3) is 0.625. The molecule has 4 heteroatoms. The molecule has 2 fully saturated rings. The molecule has 0 aromatic heterocycles. The first-order valence-corrected chi connectivity index (χ1v) is 7.47. The van der Waals surface area contributed by atoms with Gasteiger partial charge in [-0.05, 0) is 43.4 Å². The Kier molecular flexibility index (Phi) is 3.71. The second-order valence-electron chi connectivity index (χ2n) is 6.21. The zero-order valence-corrected chi connectivity index (χ0v) is 12.1. The minimum atomic E-state index is -0.696. The van der Waals surface area contributed by atoms with Crippen LogP contribution in [0.15, 0.2) is 24.3 Å². The van der Waals surface area contributed by atoms with Crippen LogP contribution in [0.3, 0.4) is 0 Å². The van der Waals surface area contributed by atoms with Gasteiger partial charge in [0.05, 0.1) is 12.7 Å². The summed E-state index contributed by atoms with van der Waals surface area (Å²) in [6.07, 6.45) is 3.72. The topological polar surface area (TPSA) is 58.7 Å². The van der Waals surface area contributed by atoms with E-state index in [-0.39, 0.29) is 0 Å². The molecule has 0 bridgehead atoms. The normalized spacial score (nSPS) is 31.9. The zero-order chi connectivity index (χ0) is 14.2. The van der Waals surface area contributed by atoms with Crippen molar-refractivity contribution in [1.29, 1.82) is 0 Å². The van der Waals surface area contributed by atoms with E-state index in [4.69, 9.17) is 10.5 Å². The van der Waals surface area contributed by atoms with Gasteiger partial charge in [-0.25, -0.2) is 0 Å². The predicted octanol–water partition coefficient (Wildman–Crippen LogP) is 1.47. The minimum Gasteiger partial charge on any atom is -0.497 e. The fourth-order valence-electron chi connectivity index (χ4n) is 3.49. The van der Waals surface area contributed by atoms with E-state index in [0.29, 0.717) is 12.1 Å². The monoisotopic (exact) mass is 276 g/mol. The lowest BCUT2D eigenvalue weighted by Gasteiger charge is -2.47. The molecule has 1 aromatic rings. The molecule has 1 saturated carbocycles. The van der Waals surface area contributed by atoms with Crippen molar-refractivity contribution in [2.45, 2.75) is 43.4 Å². The first-order chi connectivity index (χ1) is 9.60. The second kappa shape index (κ2) is 5.35. The van der Waals surface area contributed by atoms with Gasteiger partial charge in [-0.2, -0.15) is 0 Å². The highest BCUT2D eigenvalue weighted by Crippen LogP contribution is 2.40. The number of ether oxygens (including phenoxy) is 1. The molecule has 4 nitrogen and oxygen atoms in total. The molecule has 1 aliphatic heterocycles. The lowest BCUT2D eigenvalue weighted by molar-refractivity contribution is -0.0377. The van der Waals surface area contributed by atoms with Gasteiger partial charge in [0.15, 0.2) is 0 Å². The Morgan fingerprint density at radius 2 is 2.00 bits per heavy atom. The lowest BCUT2D eigenvalue weighted by atomic mass is 9.76. The third kappa shape index (κ3) is 2.55. The van der Waals surface area contributed by atoms with Gasteiger partial charge < -0.3 is 15.6 Å². The Morgan fingerprint density at radius 3 is 2.60 bits per heavy atom. The summed E-state index contributed by atoms with van der Waals surface area (Å²) >= 11 is 0. The highest BCUT2D eigenvalue weighted by Gasteiger charge is 2.39. The van der Waals surface area contributed by atoms with E-state index >= 15 is 0 Å². The van der Waals surface area contributed by atoms with E-state index in [9.17, 15) is 5.11 Å². The Balaban J connectivity index is 1.65. The Bertz CT molecular complexity index is 463. The summed E-state index contributed by atoms with van der Waals surface area (Å²) in [5, 5.41) is 10.9. The summed E-state index contributed by atoms with van der Waals surface area (Å²) in [4.78, 5) is 2.45. The van der Waals surface area contributed by atoms with Gasteiger partial charge in [0, 0.05) is 25.2 Å². The molecule has 2 aliphatic rings. The van der Waals surface area contributed by atoms with Gasteiger partial charge in [0.25, 0.3) is 0 Å². The van der Waals surface area contributed by atoms with Crippen LogP contribution >= 0.6 is 0 Å². The third-order valence-corrected chi connectivity index (χ3v) is 4.84. The predicted molar refractivity (Wildman–Crippen MR) is 78.7 cm³/mol. The van der Waals surface area contributed by atoms with Crippen LogP contribution in [-0.4, -0.2) is 42.3 Å². The maximum atomic E-state index is 10.9. The van der Waals surface area contributed by atoms with Crippen LogP contribution in [-0.2, 0) is 5.60 Å². The highest BCUT2D eigenvalue weighted by atomic mass is 16.5. The molecule has 1 aliphatic carbocycles. The van der Waals surface area contributed by atoms with Gasteiger partial charge >= 0.3 is 0 Å². The van der Waals surface area contributed by atoms with Crippen LogP contribution in [0.5, 0.6) is 5.75 Å². The Morgan fingerprint density at radius 1 is 1.30 bits per heavy atom. The van der Waals surface area contributed by atoms with Crippen LogP contribution < -0.4 is 10.5 Å². The molecule has 0 spiro atoms. The third-order valence-electron chi connectivity index (χ3n) is 4.84. The van der Waals surface area contributed by atoms with Crippen LogP contribution in [0.1, 0.15) is 31.2 Å². The number of aliphatic hydroxyl groups is 1. The van der Waals surface area contributed by atoms with E-state index < -0.39 is 5.60 Å². The van der Waals surface area contributed by atoms with Crippen molar-refractivity contribution < 1.29 is 9.84 Å². The van der Waals surface area contributed by atoms with Gasteiger partial charge in [-0.15, -0.1) is 0 Å². The molecule has 1 heterocycles. The molecule has 110 valence electrons. The summed E-state index contributed by atoms with van der Waals surface area (Å²) in [6.45, 7) is 2.03. The molecule has 0 amide bonds. The van der Waals surface area contributed by atoms with E-state index in [0.717, 1.165) is 50.1 Å². The summed E-state index contributed by atoms with van der Waals surface area (Å²) in [6, 6.07) is 8.78. The molecule has 20 heavy (non-hydrogen) atoms. The molecule has 3 N–H and O–H groups in total. The SMILES string of the molecule is COc1cccc(C2(O)CCC(N3CC(N)C3)CC2)c1. The van der Waals surface area contributed by atoms with Gasteiger partial charge in [0.2, 0.25) is 0 Å². The van der Waals surface area contributed by atoms with Crippen LogP contribution in [0, 0.1) is 0 Å². The molecule has 0 radical (unpaired) electrons. The Labute approximate surface area is 120 Å². The minimum absolute atomic E-state index is 0.356. The summed E-state index contributed by atoms with van der Waals surface area (Å²) in [7, 11) is 1.66. The largest absolute Gasteiger partial charge is 0.497 e. The van der Waals surface area contributed by atoms with Crippen LogP contribution in [0.4, 0.5) is 0 Å². The van der Waals surface area contributed by atoms with E-state index in [2.05, 4.69) is 4.90 Å². The summed E-state index contributed by atoms with van der Waals surface area (Å²) in [5.74, 6) is 0.812. The van der Waals surface area contributed by atoms with Crippen molar-refractivity contribution in [3.63, 3.8) is 0 Å². The summed E-state index contributed by atoms with van der Waals surface area (Å²) < 4.78 is 5.26. The molecule has 0 unspecified atom stereocenters. The number of nitrogens with zero attached hydrogens (tertiary/aromatic N) is 1. The van der Waals surface area contributed by atoms with Crippen molar-refractivity contribution in [1.82, 2.24) is 4.90 Å². The molecule has 0 atom stereocenters. The maximum Gasteiger partial charge on any atom is 0.119 e. The quantitative estimate of drug-likeness (QED) is 0.877. The van der Waals surface area contributed by atoms with Crippen molar-refractivity contribution in [3.8, 4) is 5.75 Å². The van der Waals surface area contributed by atoms with Gasteiger partial charge in [0.1, 0.15) is 5.75 Å². The first kappa shape index (κ1) is 13.9. The van der Waals surface area contributed by atoms with Gasteiger partial charge in [-0.3, -0.25) is 4.90 Å². The highest BCUT2D eigenvalue weighted by molar-refractivity contribution is 5.32. The van der Waals surface area contributed by atoms with E-state index in [1.165, 1.54) is 0 Å². The molecular weight excluding hydrogens is 252 g/mol. The molecular formula is C16H24N2O2. The Hall–Kier alpha value is -1.10. The van der Waals surface area contributed by atoms with E-state index in [1.54, 1.807) is 7.11 Å². The standard InChI is InChI=1S/C16H24N2O2/c1-20-15-4-2-3-12(9-15)16(19)7-5-14(6-8-16)18-10-13(17)11-18/h2-4,9,13-14,19H,5-8,10-11,17H2,1H3. The van der Waals surface area contributed by atoms with Crippen LogP contribution in [0.25, 0.3) is 0 Å². The number of hydrogen-bond donors (Lipinski definition) is 2. The number of rotatable bonds is 3. The average molecular weight is 276 g/mol. The smallest absolute Gasteiger partial charge is 0.119 e. The number of hydrogen-bond acceptors (Lipinski definition) is 4. The van der Waals surface area contributed by atoms with Crippen molar-refractivity contribution in [3.05, 3.63) is 29.8 Å². The maximum absolute atomic E-state index is 10.9. The number of benzene rings is 1. The van der Waals surface area contributed by atoms with Crippen LogP contribution in [0.2, 0.25) is 0 Å². The second-order valence-corrected chi connectivity index (χ2v) is 6.21. The average Bonchev–Trinajstić information content (AvgIpc) is 2.45. The molecule has 1 saturated heterocycles. The number of nitrogens with two attached hydrogens (primary N) is 1. The number of likely N-dealkylation sites (tertiary alicyclic amines) is 1. The van der Waals surface area contributed by atoms with Crippen molar-refractivity contribution in [2.75, 3.05) is 20.2 Å². The van der Waals surface area contributed by atoms with Gasteiger partial charge in [-0.1, -0.05) is 12.1 Å². The molecule has 1 aromatic carbocycles. The van der Waals surface area contributed by atoms with Crippen molar-refractivity contribution >= 4 is 0 Å².